The van der Waals surface area contributed by atoms with Gasteiger partial charge in [0.2, 0.25) is 11.8 Å². The fourth-order valence-electron chi connectivity index (χ4n) is 8.19. The van der Waals surface area contributed by atoms with Crippen molar-refractivity contribution < 1.29 is 19.1 Å². The molecular formula is C25H37N5O4. The van der Waals surface area contributed by atoms with Gasteiger partial charge >= 0.3 is 5.97 Å². The highest BCUT2D eigenvalue weighted by atomic mass is 16.6. The monoisotopic (exact) mass is 471 g/mol. The van der Waals surface area contributed by atoms with E-state index < -0.39 is 29.0 Å². The Balaban J connectivity index is 1.35. The number of nitriles is 1. The van der Waals surface area contributed by atoms with Crippen LogP contribution in [-0.4, -0.2) is 71.4 Å². The van der Waals surface area contributed by atoms with Gasteiger partial charge < -0.3 is 21.1 Å². The lowest BCUT2D eigenvalue weighted by atomic mass is 9.46. The molecule has 1 saturated heterocycles. The van der Waals surface area contributed by atoms with Crippen molar-refractivity contribution in [1.29, 1.82) is 5.26 Å². The van der Waals surface area contributed by atoms with Gasteiger partial charge in [-0.3, -0.25) is 19.3 Å². The molecule has 6 rings (SSSR count). The first-order valence-corrected chi connectivity index (χ1v) is 12.7. The van der Waals surface area contributed by atoms with Crippen LogP contribution in [0.3, 0.4) is 0 Å². The lowest BCUT2D eigenvalue weighted by Crippen LogP contribution is -2.66. The fourth-order valence-corrected chi connectivity index (χ4v) is 8.19. The van der Waals surface area contributed by atoms with Crippen LogP contribution >= 0.6 is 0 Å². The number of amides is 2. The summed E-state index contributed by atoms with van der Waals surface area (Å²) in [5, 5.41) is 9.58. The molecule has 4 bridgehead atoms. The second-order valence-electron chi connectivity index (χ2n) is 12.1. The van der Waals surface area contributed by atoms with Gasteiger partial charge in [0.1, 0.15) is 17.7 Å². The Labute approximate surface area is 201 Å². The Bertz CT molecular complexity index is 915. The topological polar surface area (TPSA) is 143 Å². The quantitative estimate of drug-likeness (QED) is 0.501. The lowest BCUT2D eigenvalue weighted by Gasteiger charge is -2.62. The van der Waals surface area contributed by atoms with Crippen molar-refractivity contribution in [3.63, 3.8) is 0 Å². The highest BCUT2D eigenvalue weighted by molar-refractivity contribution is 5.84. The van der Waals surface area contributed by atoms with Crippen molar-refractivity contribution in [2.75, 3.05) is 14.1 Å². The minimum Gasteiger partial charge on any atom is -0.458 e. The normalized spacial score (nSPS) is 41.0. The predicted octanol–water partition coefficient (Wildman–Crippen LogP) is 0.905. The second kappa shape index (κ2) is 8.20. The number of fused-ring (bicyclic) bond motifs is 1. The maximum Gasteiger partial charge on any atom is 0.323 e. The first-order chi connectivity index (χ1) is 16.1. The molecule has 9 nitrogen and oxygen atoms in total. The molecular weight excluding hydrogens is 434 g/mol. The molecule has 6 fully saturated rings. The maximum absolute atomic E-state index is 13.6. The number of primary amides is 1. The van der Waals surface area contributed by atoms with Gasteiger partial charge in [0.05, 0.1) is 12.1 Å². The van der Waals surface area contributed by atoms with Crippen LogP contribution in [0.25, 0.3) is 0 Å². The van der Waals surface area contributed by atoms with Gasteiger partial charge in [-0.05, 0) is 95.1 Å². The lowest BCUT2D eigenvalue weighted by molar-refractivity contribution is -0.209. The maximum atomic E-state index is 13.6. The summed E-state index contributed by atoms with van der Waals surface area (Å²) in [7, 11) is 3.60. The van der Waals surface area contributed by atoms with Gasteiger partial charge in [0.25, 0.3) is 0 Å². The molecule has 1 aliphatic heterocycles. The molecule has 6 aliphatic rings. The van der Waals surface area contributed by atoms with E-state index in [1.807, 2.05) is 0 Å². The van der Waals surface area contributed by atoms with E-state index in [-0.39, 0.29) is 30.4 Å². The Hall–Kier alpha value is -2.18. The third kappa shape index (κ3) is 3.89. The van der Waals surface area contributed by atoms with Crippen LogP contribution < -0.4 is 11.5 Å². The highest BCUT2D eigenvalue weighted by Crippen LogP contribution is 2.64. The molecule has 2 amide bonds. The Morgan fingerprint density at radius 1 is 1.15 bits per heavy atom. The van der Waals surface area contributed by atoms with Gasteiger partial charge in [0.15, 0.2) is 0 Å². The minimum absolute atomic E-state index is 0.0902. The Morgan fingerprint density at radius 3 is 2.41 bits per heavy atom. The number of ether oxygens (including phenoxy) is 1. The van der Waals surface area contributed by atoms with E-state index in [2.05, 4.69) is 6.07 Å². The van der Waals surface area contributed by atoms with Gasteiger partial charge in [0, 0.05) is 12.5 Å². The van der Waals surface area contributed by atoms with Crippen molar-refractivity contribution in [3.05, 3.63) is 0 Å². The number of esters is 1. The zero-order valence-corrected chi connectivity index (χ0v) is 20.2. The molecule has 0 aromatic carbocycles. The summed E-state index contributed by atoms with van der Waals surface area (Å²) in [6.07, 6.45) is 7.26. The summed E-state index contributed by atoms with van der Waals surface area (Å²) in [6.45, 7) is 0. The molecule has 7 atom stereocenters. The van der Waals surface area contributed by atoms with Crippen molar-refractivity contribution in [1.82, 2.24) is 9.80 Å². The molecule has 9 heteroatoms. The summed E-state index contributed by atoms with van der Waals surface area (Å²) in [6, 6.07) is 0.896. The van der Waals surface area contributed by atoms with E-state index in [0.29, 0.717) is 30.6 Å². The molecule has 1 heterocycles. The van der Waals surface area contributed by atoms with E-state index in [0.717, 1.165) is 44.9 Å². The molecule has 5 aliphatic carbocycles. The van der Waals surface area contributed by atoms with Gasteiger partial charge in [-0.2, -0.15) is 5.26 Å². The number of likely N-dealkylation sites (N-methyl/N-ethyl adjacent to an activating group) is 1. The van der Waals surface area contributed by atoms with Crippen LogP contribution in [-0.2, 0) is 19.1 Å². The standard InChI is InChI=1S/C25H37N5O4/c1-29(2)18(3-4-20(27)31)23(33)34-25-10-14-5-15(11-25)9-24(8-14,13-25)21(28)22(32)30-17(12-26)6-16-7-19(16)30/h14-19,21H,3-11,13,28H2,1-2H3,(H2,27,31)/t14?,15?,16-,17+,18+,19+,21-,24?,25?/m1/s1. The third-order valence-electron chi connectivity index (χ3n) is 9.36. The average Bonchev–Trinajstić information content (AvgIpc) is 3.40. The van der Waals surface area contributed by atoms with Crippen LogP contribution in [0, 0.1) is 34.5 Å². The van der Waals surface area contributed by atoms with Crippen molar-refractivity contribution in [2.24, 2.45) is 34.6 Å². The van der Waals surface area contributed by atoms with Crippen LogP contribution in [0.15, 0.2) is 0 Å². The summed E-state index contributed by atoms with van der Waals surface area (Å²) >= 11 is 0. The number of likely N-dealkylation sites (tertiary alicyclic amines) is 1. The Kier molecular flexibility index (Phi) is 5.68. The summed E-state index contributed by atoms with van der Waals surface area (Å²) in [5.41, 5.74) is 11.1. The number of piperidine rings is 1. The number of carbonyl (C=O) groups is 3. The van der Waals surface area contributed by atoms with Crippen LogP contribution in [0.2, 0.25) is 0 Å². The van der Waals surface area contributed by atoms with E-state index in [9.17, 15) is 19.6 Å². The van der Waals surface area contributed by atoms with Gasteiger partial charge in [-0.25, -0.2) is 0 Å². The SMILES string of the molecule is CN(C)[C@@H](CCC(N)=O)C(=O)OC12CC3CC(C1)CC([C@H](N)C(=O)N1[C@H](C#N)C[C@@H]4C[C@@H]41)(C3)C2. The molecule has 4 N–H and O–H groups in total. The van der Waals surface area contributed by atoms with E-state index in [4.69, 9.17) is 16.2 Å². The third-order valence-corrected chi connectivity index (χ3v) is 9.36. The fraction of sp³-hybridized carbons (Fsp3) is 0.840. The Morgan fingerprint density at radius 2 is 1.82 bits per heavy atom. The number of hydrogen-bond donors (Lipinski definition) is 2. The van der Waals surface area contributed by atoms with E-state index in [1.54, 1.807) is 23.9 Å². The van der Waals surface area contributed by atoms with Crippen LogP contribution in [0.5, 0.6) is 0 Å². The number of carbonyl (C=O) groups excluding carboxylic acids is 3. The second-order valence-corrected chi connectivity index (χ2v) is 12.1. The molecule has 0 aromatic heterocycles. The first-order valence-electron chi connectivity index (χ1n) is 12.7. The van der Waals surface area contributed by atoms with Crippen molar-refractivity contribution >= 4 is 17.8 Å². The largest absolute Gasteiger partial charge is 0.458 e. The number of nitrogens with zero attached hydrogens (tertiary/aromatic N) is 3. The average molecular weight is 472 g/mol. The highest BCUT2D eigenvalue weighted by Gasteiger charge is 2.64. The molecule has 2 unspecified atom stereocenters. The smallest absolute Gasteiger partial charge is 0.323 e. The van der Waals surface area contributed by atoms with Gasteiger partial charge in [-0.1, -0.05) is 0 Å². The van der Waals surface area contributed by atoms with E-state index in [1.165, 1.54) is 0 Å². The molecule has 34 heavy (non-hydrogen) atoms. The summed E-state index contributed by atoms with van der Waals surface area (Å²) < 4.78 is 6.29. The first kappa shape index (κ1) is 23.6. The zero-order chi connectivity index (χ0) is 24.4. The molecule has 186 valence electrons. The molecule has 0 radical (unpaired) electrons. The van der Waals surface area contributed by atoms with Crippen molar-refractivity contribution in [2.45, 2.75) is 94.0 Å². The van der Waals surface area contributed by atoms with E-state index >= 15 is 0 Å². The minimum atomic E-state index is -0.675. The molecule has 0 aromatic rings. The summed E-state index contributed by atoms with van der Waals surface area (Å²) in [5.74, 6) is 0.368. The molecule has 5 saturated carbocycles. The molecule has 0 spiro atoms. The van der Waals surface area contributed by atoms with Gasteiger partial charge in [-0.15, -0.1) is 0 Å². The predicted molar refractivity (Wildman–Crippen MR) is 123 cm³/mol. The van der Waals surface area contributed by atoms with Crippen LogP contribution in [0.4, 0.5) is 0 Å². The summed E-state index contributed by atoms with van der Waals surface area (Å²) in [4.78, 5) is 41.8. The number of nitrogens with two attached hydrogens (primary N) is 2. The number of rotatable bonds is 8. The van der Waals surface area contributed by atoms with Crippen LogP contribution in [0.1, 0.15) is 64.2 Å². The number of hydrogen-bond acceptors (Lipinski definition) is 7. The zero-order valence-electron chi connectivity index (χ0n) is 20.2. The van der Waals surface area contributed by atoms with Crippen molar-refractivity contribution in [3.8, 4) is 6.07 Å².